The molecule has 8 aromatic rings. The Morgan fingerprint density at radius 3 is 2.02 bits per heavy atom. The number of likely N-dealkylation sites (tertiary alicyclic amines) is 1. The third-order valence-corrected chi connectivity index (χ3v) is 12.0. The van der Waals surface area contributed by atoms with Crippen LogP contribution in [0.25, 0.3) is 44.6 Å². The van der Waals surface area contributed by atoms with Crippen molar-refractivity contribution in [3.63, 3.8) is 0 Å². The van der Waals surface area contributed by atoms with E-state index in [1.54, 1.807) is 26.6 Å². The number of ether oxygens (including phenoxy) is 2. The van der Waals surface area contributed by atoms with Crippen LogP contribution in [0.1, 0.15) is 50.0 Å². The Morgan fingerprint density at radius 1 is 0.750 bits per heavy atom. The summed E-state index contributed by atoms with van der Waals surface area (Å²) < 4.78 is 15.0. The van der Waals surface area contributed by atoms with E-state index in [-0.39, 0.29) is 17.7 Å². The second kappa shape index (κ2) is 18.6. The largest absolute Gasteiger partial charge is 0.497 e. The van der Waals surface area contributed by atoms with Crippen molar-refractivity contribution < 1.29 is 19.1 Å². The Morgan fingerprint density at radius 2 is 1.39 bits per heavy atom. The van der Waals surface area contributed by atoms with Gasteiger partial charge in [0.05, 0.1) is 38.0 Å². The molecule has 0 aliphatic carbocycles. The van der Waals surface area contributed by atoms with E-state index in [2.05, 4.69) is 51.5 Å². The van der Waals surface area contributed by atoms with Crippen LogP contribution in [-0.2, 0) is 26.2 Å². The Bertz CT molecular complexity index is 2900. The summed E-state index contributed by atoms with van der Waals surface area (Å²) in [6.07, 6.45) is 7.99. The van der Waals surface area contributed by atoms with E-state index < -0.39 is 0 Å². The molecule has 1 unspecified atom stereocenters. The summed E-state index contributed by atoms with van der Waals surface area (Å²) in [6, 6.07) is 25.4. The van der Waals surface area contributed by atoms with E-state index >= 15 is 0 Å². The van der Waals surface area contributed by atoms with Gasteiger partial charge < -0.3 is 39.0 Å². The van der Waals surface area contributed by atoms with Crippen molar-refractivity contribution in [1.29, 1.82) is 0 Å². The molecule has 64 heavy (non-hydrogen) atoms. The first-order valence-electron chi connectivity index (χ1n) is 21.5. The fourth-order valence-electron chi connectivity index (χ4n) is 8.68. The highest BCUT2D eigenvalue weighted by Crippen LogP contribution is 2.38. The Labute approximate surface area is 370 Å². The Balaban J connectivity index is 1.03. The predicted octanol–water partition coefficient (Wildman–Crippen LogP) is 6.09. The molecule has 2 aromatic carbocycles. The van der Waals surface area contributed by atoms with Gasteiger partial charge >= 0.3 is 0 Å². The normalized spacial score (nSPS) is 14.2. The number of pyridine rings is 2. The van der Waals surface area contributed by atoms with Crippen LogP contribution < -0.4 is 20.1 Å². The number of rotatable bonds is 17. The zero-order valence-electron chi connectivity index (χ0n) is 36.5. The highest BCUT2D eigenvalue weighted by Gasteiger charge is 2.33. The lowest BCUT2D eigenvalue weighted by Gasteiger charge is -2.19. The van der Waals surface area contributed by atoms with Gasteiger partial charge in [-0.1, -0.05) is 24.3 Å². The van der Waals surface area contributed by atoms with Gasteiger partial charge in [-0.25, -0.2) is 9.97 Å². The molecule has 7 heterocycles. The molecule has 6 aromatic heterocycles. The van der Waals surface area contributed by atoms with Crippen molar-refractivity contribution in [2.45, 2.75) is 38.5 Å². The Hall–Kier alpha value is -7.30. The third-order valence-electron chi connectivity index (χ3n) is 12.0. The molecule has 1 fully saturated rings. The van der Waals surface area contributed by atoms with Gasteiger partial charge in [0.25, 0.3) is 11.8 Å². The first kappa shape index (κ1) is 42.0. The maximum Gasteiger partial charge on any atom is 0.268 e. The zero-order valence-corrected chi connectivity index (χ0v) is 36.5. The lowest BCUT2D eigenvalue weighted by atomic mass is 9.95. The van der Waals surface area contributed by atoms with Crippen LogP contribution in [0, 0.1) is 0 Å². The lowest BCUT2D eigenvalue weighted by Crippen LogP contribution is -2.30. The molecule has 4 N–H and O–H groups in total. The van der Waals surface area contributed by atoms with Gasteiger partial charge in [0, 0.05) is 86.0 Å². The van der Waals surface area contributed by atoms with Gasteiger partial charge in [-0.2, -0.15) is 10.2 Å². The highest BCUT2D eigenvalue weighted by atomic mass is 16.5. The number of fused-ring (bicyclic) bond motifs is 2. The van der Waals surface area contributed by atoms with E-state index in [0.29, 0.717) is 50.7 Å². The highest BCUT2D eigenvalue weighted by molar-refractivity contribution is 6.02. The standard InChI is InChI=1S/C48H52N12O4/c1-57(2)17-19-60-44(48(62)50-25-32-8-6-10-38(22-32)64-4)43(39-12-14-41(56-46(39)60)36-28-53-54-29-36)34-15-16-58(30-34)18-20-59-42(47(61)49-24-31-7-5-9-37(21-31)63-3)23-33-11-13-40(55-45(33)59)35-26-51-52-27-35/h5-14,21-23,26-29,34H,15-20,24-25,30H2,1-4H3,(H,49,61)(H,50,62)(H,51,52)(H,53,54). The summed E-state index contributed by atoms with van der Waals surface area (Å²) >= 11 is 0. The lowest BCUT2D eigenvalue weighted by molar-refractivity contribution is 0.0933. The maximum atomic E-state index is 14.7. The number of carbonyl (C=O) groups excluding carboxylic acids is 2. The van der Waals surface area contributed by atoms with E-state index in [9.17, 15) is 9.59 Å². The summed E-state index contributed by atoms with van der Waals surface area (Å²) in [6.45, 7) is 4.68. The molecular weight excluding hydrogens is 809 g/mol. The van der Waals surface area contributed by atoms with Crippen LogP contribution in [0.5, 0.6) is 11.5 Å². The molecule has 9 rings (SSSR count). The molecule has 1 atom stereocenters. The number of H-pyrrole nitrogens is 2. The third kappa shape index (κ3) is 8.82. The molecule has 1 aliphatic rings. The molecule has 16 nitrogen and oxygen atoms in total. The van der Waals surface area contributed by atoms with Crippen molar-refractivity contribution in [1.82, 2.24) is 59.9 Å². The predicted molar refractivity (Wildman–Crippen MR) is 245 cm³/mol. The van der Waals surface area contributed by atoms with Crippen LogP contribution in [0.2, 0.25) is 0 Å². The molecule has 328 valence electrons. The van der Waals surface area contributed by atoms with Crippen molar-refractivity contribution in [2.75, 3.05) is 54.5 Å². The first-order chi connectivity index (χ1) is 31.3. The average Bonchev–Trinajstić information content (AvgIpc) is 4.19. The topological polar surface area (TPSA) is 176 Å². The number of carbonyl (C=O) groups is 2. The number of benzene rings is 2. The number of hydrogen-bond donors (Lipinski definition) is 4. The maximum absolute atomic E-state index is 14.7. The van der Waals surface area contributed by atoms with Crippen molar-refractivity contribution in [2.24, 2.45) is 0 Å². The van der Waals surface area contributed by atoms with Gasteiger partial charge in [0.1, 0.15) is 34.2 Å². The molecular formula is C48H52N12O4. The van der Waals surface area contributed by atoms with Crippen LogP contribution in [0.4, 0.5) is 0 Å². The van der Waals surface area contributed by atoms with Gasteiger partial charge in [-0.15, -0.1) is 0 Å². The van der Waals surface area contributed by atoms with Crippen molar-refractivity contribution >= 4 is 33.9 Å². The van der Waals surface area contributed by atoms with E-state index in [4.69, 9.17) is 19.4 Å². The van der Waals surface area contributed by atoms with Crippen molar-refractivity contribution in [3.8, 4) is 34.0 Å². The molecule has 16 heteroatoms. The van der Waals surface area contributed by atoms with Gasteiger partial charge in [0.15, 0.2) is 0 Å². The van der Waals surface area contributed by atoms with E-state index in [0.717, 1.165) is 92.3 Å². The minimum atomic E-state index is -0.192. The molecule has 2 amide bonds. The monoisotopic (exact) mass is 860 g/mol. The number of aromatic nitrogens is 8. The van der Waals surface area contributed by atoms with Crippen LogP contribution in [0.15, 0.2) is 104 Å². The van der Waals surface area contributed by atoms with Gasteiger partial charge in [-0.05, 0) is 98.3 Å². The number of amides is 2. The molecule has 1 aliphatic heterocycles. The molecule has 0 saturated carbocycles. The molecule has 1 saturated heterocycles. The SMILES string of the molecule is COc1cccc(CNC(=O)c2cc3ccc(-c4cn[nH]c4)nc3n2CCN2CCC(c3c(C(=O)NCc4cccc(OC)c4)n(CCN(C)C)c4nc(-c5cn[nH]c5)ccc34)C2)c1. The second-order valence-electron chi connectivity index (χ2n) is 16.4. The average molecular weight is 861 g/mol. The number of nitrogens with zero attached hydrogens (tertiary/aromatic N) is 8. The minimum absolute atomic E-state index is 0.0418. The summed E-state index contributed by atoms with van der Waals surface area (Å²) in [4.78, 5) is 43.5. The van der Waals surface area contributed by atoms with Crippen LogP contribution in [-0.4, -0.2) is 116 Å². The summed E-state index contributed by atoms with van der Waals surface area (Å²) in [5.74, 6) is 1.16. The number of likely N-dealkylation sites (N-methyl/N-ethyl adjacent to an activating group) is 1. The fraction of sp³-hybridized carbons (Fsp3) is 0.292. The van der Waals surface area contributed by atoms with E-state index in [1.165, 1.54) is 0 Å². The van der Waals surface area contributed by atoms with Gasteiger partial charge in [-0.3, -0.25) is 19.8 Å². The molecule has 0 spiro atoms. The quantitative estimate of drug-likeness (QED) is 0.0838. The van der Waals surface area contributed by atoms with Crippen molar-refractivity contribution in [3.05, 3.63) is 132 Å². The summed E-state index contributed by atoms with van der Waals surface area (Å²) in [5, 5.41) is 22.3. The first-order valence-corrected chi connectivity index (χ1v) is 21.5. The van der Waals surface area contributed by atoms with Gasteiger partial charge in [0.2, 0.25) is 0 Å². The second-order valence-corrected chi connectivity index (χ2v) is 16.4. The van der Waals surface area contributed by atoms with E-state index in [1.807, 2.05) is 104 Å². The minimum Gasteiger partial charge on any atom is -0.497 e. The number of nitrogens with one attached hydrogen (secondary N) is 4. The summed E-state index contributed by atoms with van der Waals surface area (Å²) in [7, 11) is 7.34. The zero-order chi connectivity index (χ0) is 44.2. The molecule has 0 bridgehead atoms. The Kier molecular flexibility index (Phi) is 12.2. The smallest absolute Gasteiger partial charge is 0.268 e. The summed E-state index contributed by atoms with van der Waals surface area (Å²) in [5.41, 5.74) is 8.80. The van der Waals surface area contributed by atoms with Crippen LogP contribution in [0.3, 0.4) is 0 Å². The number of aromatic amines is 2. The number of methoxy groups -OCH3 is 2. The fourth-order valence-corrected chi connectivity index (χ4v) is 8.68. The number of hydrogen-bond acceptors (Lipinski definition) is 10. The molecule has 0 radical (unpaired) electrons. The van der Waals surface area contributed by atoms with Crippen LogP contribution >= 0.6 is 0 Å².